The van der Waals surface area contributed by atoms with E-state index in [0.29, 0.717) is 42.0 Å². The van der Waals surface area contributed by atoms with Crippen LogP contribution in [0.2, 0.25) is 5.28 Å². The molecule has 3 aromatic rings. The number of nitrogens with one attached hydrogen (secondary N) is 1. The Balaban J connectivity index is 1.74. The van der Waals surface area contributed by atoms with Gasteiger partial charge in [-0.25, -0.2) is 27.8 Å². The highest BCUT2D eigenvalue weighted by molar-refractivity contribution is 7.92. The summed E-state index contributed by atoms with van der Waals surface area (Å²) in [4.78, 5) is 15.1. The number of ether oxygens (including phenoxy) is 1. The van der Waals surface area contributed by atoms with Crippen LogP contribution in [0.25, 0.3) is 21.8 Å². The second-order valence-electron chi connectivity index (χ2n) is 7.44. The van der Waals surface area contributed by atoms with Gasteiger partial charge in [0.15, 0.2) is 10.9 Å². The Kier molecular flexibility index (Phi) is 7.45. The van der Waals surface area contributed by atoms with Crippen LogP contribution >= 0.6 is 22.9 Å². The van der Waals surface area contributed by atoms with Crippen molar-refractivity contribution in [2.45, 2.75) is 12.6 Å². The van der Waals surface area contributed by atoms with E-state index in [1.54, 1.807) is 6.07 Å². The minimum atomic E-state index is -4.67. The molecule has 1 aliphatic heterocycles. The molecule has 1 saturated heterocycles. The molecule has 1 fully saturated rings. The van der Waals surface area contributed by atoms with Gasteiger partial charge in [-0.15, -0.1) is 0 Å². The van der Waals surface area contributed by atoms with Gasteiger partial charge < -0.3 is 9.64 Å². The van der Waals surface area contributed by atoms with Crippen molar-refractivity contribution in [3.05, 3.63) is 41.6 Å². The molecule has 0 spiro atoms. The Morgan fingerprint density at radius 3 is 2.60 bits per heavy atom. The van der Waals surface area contributed by atoms with Gasteiger partial charge in [-0.1, -0.05) is 17.4 Å². The van der Waals surface area contributed by atoms with E-state index in [4.69, 9.17) is 16.3 Å². The summed E-state index contributed by atoms with van der Waals surface area (Å²) in [5.74, 6) is -2.22. The van der Waals surface area contributed by atoms with Gasteiger partial charge in [0.2, 0.25) is 15.3 Å². The Bertz CT molecular complexity index is 1310. The maximum atomic E-state index is 15.5. The molecule has 188 valence electrons. The van der Waals surface area contributed by atoms with Gasteiger partial charge in [0.05, 0.1) is 47.3 Å². The molecule has 0 bridgehead atoms. The zero-order valence-electron chi connectivity index (χ0n) is 17.8. The normalized spacial score (nSPS) is 14.8. The van der Waals surface area contributed by atoms with Crippen LogP contribution < -0.4 is 9.62 Å². The van der Waals surface area contributed by atoms with E-state index in [9.17, 15) is 21.6 Å². The molecule has 3 heterocycles. The van der Waals surface area contributed by atoms with Crippen LogP contribution in [0.5, 0.6) is 0 Å². The quantitative estimate of drug-likeness (QED) is 0.339. The molecule has 1 aliphatic rings. The highest BCUT2D eigenvalue weighted by Crippen LogP contribution is 2.42. The SMILES string of the molecule is O=S(=O)(CCC(F)(F)F)Nc1cccc(-c2nc(N3CCOCC3)sc2-c2ccnc(Cl)n2)c1F. The molecule has 1 aromatic carbocycles. The predicted molar refractivity (Wildman–Crippen MR) is 125 cm³/mol. The van der Waals surface area contributed by atoms with E-state index < -0.39 is 39.9 Å². The third-order valence-corrected chi connectivity index (χ3v) is 7.52. The van der Waals surface area contributed by atoms with Crippen LogP contribution in [0.15, 0.2) is 30.5 Å². The fourth-order valence-electron chi connectivity index (χ4n) is 3.28. The van der Waals surface area contributed by atoms with Crippen LogP contribution in [-0.2, 0) is 14.8 Å². The largest absolute Gasteiger partial charge is 0.390 e. The van der Waals surface area contributed by atoms with E-state index in [1.165, 1.54) is 29.7 Å². The predicted octanol–water partition coefficient (Wildman–Crippen LogP) is 4.59. The number of nitrogens with zero attached hydrogens (tertiary/aromatic N) is 4. The number of benzene rings is 1. The lowest BCUT2D eigenvalue weighted by atomic mass is 10.1. The molecule has 4 rings (SSSR count). The summed E-state index contributed by atoms with van der Waals surface area (Å²) >= 11 is 7.18. The van der Waals surface area contributed by atoms with Crippen LogP contribution in [0.4, 0.5) is 28.4 Å². The maximum absolute atomic E-state index is 15.5. The van der Waals surface area contributed by atoms with Crippen LogP contribution in [0.3, 0.4) is 0 Å². The lowest BCUT2D eigenvalue weighted by Crippen LogP contribution is -2.36. The average molecular weight is 552 g/mol. The van der Waals surface area contributed by atoms with Gasteiger partial charge in [0.1, 0.15) is 0 Å². The van der Waals surface area contributed by atoms with E-state index in [1.807, 2.05) is 9.62 Å². The van der Waals surface area contributed by atoms with Gasteiger partial charge in [0.25, 0.3) is 0 Å². The maximum Gasteiger partial charge on any atom is 0.390 e. The summed E-state index contributed by atoms with van der Waals surface area (Å²) in [5, 5.41) is 0.546. The first-order valence-electron chi connectivity index (χ1n) is 10.2. The zero-order chi connectivity index (χ0) is 25.2. The van der Waals surface area contributed by atoms with Crippen molar-refractivity contribution in [3.8, 4) is 21.8 Å². The van der Waals surface area contributed by atoms with Crippen molar-refractivity contribution in [3.63, 3.8) is 0 Å². The average Bonchev–Trinajstić information content (AvgIpc) is 3.25. The molecule has 8 nitrogen and oxygen atoms in total. The van der Waals surface area contributed by atoms with Gasteiger partial charge in [-0.2, -0.15) is 13.2 Å². The minimum Gasteiger partial charge on any atom is -0.378 e. The number of halogens is 5. The number of hydrogen-bond donors (Lipinski definition) is 1. The van der Waals surface area contributed by atoms with E-state index in [2.05, 4.69) is 15.0 Å². The molecule has 0 aliphatic carbocycles. The molecule has 0 atom stereocenters. The van der Waals surface area contributed by atoms with E-state index in [-0.39, 0.29) is 16.5 Å². The third-order valence-electron chi connectivity index (χ3n) is 4.93. The molecule has 35 heavy (non-hydrogen) atoms. The Morgan fingerprint density at radius 1 is 1.17 bits per heavy atom. The van der Waals surface area contributed by atoms with Crippen LogP contribution in [0, 0.1) is 5.82 Å². The van der Waals surface area contributed by atoms with Crippen LogP contribution in [-0.4, -0.2) is 61.6 Å². The summed E-state index contributed by atoms with van der Waals surface area (Å²) in [5.41, 5.74) is 0.0199. The van der Waals surface area contributed by atoms with Crippen molar-refractivity contribution in [2.24, 2.45) is 0 Å². The molecule has 2 aromatic heterocycles. The Hall–Kier alpha value is -2.55. The van der Waals surface area contributed by atoms with Crippen molar-refractivity contribution < 1.29 is 30.7 Å². The minimum absolute atomic E-state index is 0.0265. The van der Waals surface area contributed by atoms with Crippen LogP contribution in [0.1, 0.15) is 6.42 Å². The summed E-state index contributed by atoms with van der Waals surface area (Å²) in [7, 11) is -4.46. The third kappa shape index (κ3) is 6.37. The first kappa shape index (κ1) is 25.5. The van der Waals surface area contributed by atoms with Crippen molar-refractivity contribution in [1.82, 2.24) is 15.0 Å². The van der Waals surface area contributed by atoms with E-state index >= 15 is 4.39 Å². The molecule has 15 heteroatoms. The monoisotopic (exact) mass is 551 g/mol. The number of morpholine rings is 1. The highest BCUT2D eigenvalue weighted by Gasteiger charge is 2.31. The number of anilines is 2. The molecule has 0 saturated carbocycles. The summed E-state index contributed by atoms with van der Waals surface area (Å²) in [6, 6.07) is 5.48. The zero-order valence-corrected chi connectivity index (χ0v) is 20.2. The highest BCUT2D eigenvalue weighted by atomic mass is 35.5. The van der Waals surface area contributed by atoms with Gasteiger partial charge >= 0.3 is 6.18 Å². The summed E-state index contributed by atoms with van der Waals surface area (Å²) in [6.45, 7) is 2.12. The lowest BCUT2D eigenvalue weighted by Gasteiger charge is -2.26. The fraction of sp³-hybridized carbons (Fsp3) is 0.350. The number of hydrogen-bond acceptors (Lipinski definition) is 8. The Morgan fingerprint density at radius 2 is 1.91 bits per heavy atom. The standard InChI is InChI=1S/C20H18ClF4N5O3S2/c21-18-26-6-4-14(27-18)17-16(28-19(34-17)30-7-9-33-10-8-30)12-2-1-3-13(15(12)22)29-35(31,32)11-5-20(23,24)25/h1-4,6,29H,5,7-11H2. The lowest BCUT2D eigenvalue weighted by molar-refractivity contribution is -0.129. The number of aromatic nitrogens is 3. The molecule has 0 unspecified atom stereocenters. The molecule has 0 amide bonds. The second kappa shape index (κ2) is 10.2. The second-order valence-corrected chi connectivity index (χ2v) is 10.6. The Labute approximate surface area is 207 Å². The van der Waals surface area contributed by atoms with Gasteiger partial charge in [-0.05, 0) is 29.8 Å². The molecular weight excluding hydrogens is 534 g/mol. The van der Waals surface area contributed by atoms with Gasteiger partial charge in [0, 0.05) is 24.8 Å². The fourth-order valence-corrected chi connectivity index (χ4v) is 5.62. The first-order chi connectivity index (χ1) is 16.5. The summed E-state index contributed by atoms with van der Waals surface area (Å²) < 4.78 is 84.5. The number of thiazole rings is 1. The topological polar surface area (TPSA) is 97.3 Å². The smallest absolute Gasteiger partial charge is 0.378 e. The van der Waals surface area contributed by atoms with E-state index in [0.717, 1.165) is 6.07 Å². The number of alkyl halides is 3. The first-order valence-corrected chi connectivity index (χ1v) is 13.1. The molecule has 1 N–H and O–H groups in total. The summed E-state index contributed by atoms with van der Waals surface area (Å²) in [6.07, 6.45) is -4.79. The molecule has 0 radical (unpaired) electrons. The van der Waals surface area contributed by atoms with Crippen molar-refractivity contribution >= 4 is 43.8 Å². The number of sulfonamides is 1. The van der Waals surface area contributed by atoms with Crippen molar-refractivity contribution in [1.29, 1.82) is 0 Å². The number of rotatable bonds is 7. The molecular formula is C20H18ClF4N5O3S2. The van der Waals surface area contributed by atoms with Gasteiger partial charge in [-0.3, -0.25) is 4.72 Å². The van der Waals surface area contributed by atoms with Crippen molar-refractivity contribution in [2.75, 3.05) is 41.7 Å².